The summed E-state index contributed by atoms with van der Waals surface area (Å²) in [5.74, 6) is 0.301. The lowest BCUT2D eigenvalue weighted by Gasteiger charge is -2.07. The molecule has 0 saturated heterocycles. The molecule has 0 atom stereocenters. The summed E-state index contributed by atoms with van der Waals surface area (Å²) in [5, 5.41) is 0. The Morgan fingerprint density at radius 1 is 1.53 bits per heavy atom. The number of halogens is 1. The van der Waals surface area contributed by atoms with E-state index in [9.17, 15) is 4.79 Å². The first kappa shape index (κ1) is 11.9. The number of imidazole rings is 1. The molecule has 1 aromatic carbocycles. The summed E-state index contributed by atoms with van der Waals surface area (Å²) >= 11 is 3.33. The summed E-state index contributed by atoms with van der Waals surface area (Å²) < 4.78 is 2.42. The molecule has 17 heavy (non-hydrogen) atoms. The number of anilines is 1. The zero-order valence-electron chi connectivity index (χ0n) is 9.35. The summed E-state index contributed by atoms with van der Waals surface area (Å²) in [6, 6.07) is 5.23. The minimum absolute atomic E-state index is 0.129. The number of ketones is 1. The van der Waals surface area contributed by atoms with Crippen molar-refractivity contribution in [3.63, 3.8) is 0 Å². The van der Waals surface area contributed by atoms with E-state index in [0.29, 0.717) is 28.1 Å². The van der Waals surface area contributed by atoms with Crippen molar-refractivity contribution in [3.8, 4) is 0 Å². The Kier molecular flexibility index (Phi) is 3.28. The van der Waals surface area contributed by atoms with E-state index < -0.39 is 0 Å². The van der Waals surface area contributed by atoms with Crippen molar-refractivity contribution in [2.24, 2.45) is 0 Å². The summed E-state index contributed by atoms with van der Waals surface area (Å²) in [6.07, 6.45) is 3.41. The third-order valence-electron chi connectivity index (χ3n) is 2.53. The molecule has 0 spiro atoms. The van der Waals surface area contributed by atoms with Crippen LogP contribution < -0.4 is 5.73 Å². The van der Waals surface area contributed by atoms with Crippen LogP contribution in [0, 0.1) is 0 Å². The highest BCUT2D eigenvalue weighted by Gasteiger charge is 2.18. The molecule has 0 fully saturated rings. The van der Waals surface area contributed by atoms with E-state index in [1.54, 1.807) is 35.2 Å². The summed E-state index contributed by atoms with van der Waals surface area (Å²) in [7, 11) is 0. The van der Waals surface area contributed by atoms with Gasteiger partial charge in [-0.25, -0.2) is 4.98 Å². The van der Waals surface area contributed by atoms with Gasteiger partial charge in [-0.1, -0.05) is 6.07 Å². The zero-order valence-corrected chi connectivity index (χ0v) is 10.9. The number of hydrogen-bond acceptors (Lipinski definition) is 3. The smallest absolute Gasteiger partial charge is 0.229 e. The number of aryl methyl sites for hydroxylation is 1. The second-order valence-corrected chi connectivity index (χ2v) is 4.37. The zero-order chi connectivity index (χ0) is 12.4. The Labute approximate surface area is 108 Å². The van der Waals surface area contributed by atoms with Gasteiger partial charge >= 0.3 is 0 Å². The molecule has 0 radical (unpaired) electrons. The minimum atomic E-state index is -0.129. The number of carbonyl (C=O) groups is 1. The van der Waals surface area contributed by atoms with Crippen LogP contribution in [0.3, 0.4) is 0 Å². The number of aromatic nitrogens is 2. The standard InChI is InChI=1S/C12H12BrN3O/c1-2-16-7-6-15-12(16)11(17)8-4-3-5-9(14)10(8)13/h3-7H,2,14H2,1H3. The van der Waals surface area contributed by atoms with E-state index in [1.807, 2.05) is 6.92 Å². The van der Waals surface area contributed by atoms with Crippen molar-refractivity contribution in [3.05, 3.63) is 46.5 Å². The monoisotopic (exact) mass is 293 g/mol. The quantitative estimate of drug-likeness (QED) is 0.699. The van der Waals surface area contributed by atoms with Crippen molar-refractivity contribution in [2.75, 3.05) is 5.73 Å². The molecule has 0 saturated carbocycles. The van der Waals surface area contributed by atoms with E-state index in [1.165, 1.54) is 0 Å². The van der Waals surface area contributed by atoms with E-state index in [-0.39, 0.29) is 5.78 Å². The maximum Gasteiger partial charge on any atom is 0.229 e. The average molecular weight is 294 g/mol. The van der Waals surface area contributed by atoms with Gasteiger partial charge in [-0.3, -0.25) is 4.79 Å². The van der Waals surface area contributed by atoms with Gasteiger partial charge in [-0.2, -0.15) is 0 Å². The lowest BCUT2D eigenvalue weighted by molar-refractivity contribution is 0.102. The Hall–Kier alpha value is -1.62. The molecule has 5 heteroatoms. The van der Waals surface area contributed by atoms with Crippen LogP contribution in [0.2, 0.25) is 0 Å². The second kappa shape index (κ2) is 4.71. The van der Waals surface area contributed by atoms with E-state index in [4.69, 9.17) is 5.73 Å². The van der Waals surface area contributed by atoms with Gasteiger partial charge in [-0.15, -0.1) is 0 Å². The molecular weight excluding hydrogens is 282 g/mol. The molecule has 2 aromatic rings. The molecule has 4 nitrogen and oxygen atoms in total. The molecular formula is C12H12BrN3O. The Bertz CT molecular complexity index is 563. The first-order valence-electron chi connectivity index (χ1n) is 5.25. The fourth-order valence-electron chi connectivity index (χ4n) is 1.62. The topological polar surface area (TPSA) is 60.9 Å². The number of rotatable bonds is 3. The molecule has 1 heterocycles. The lowest BCUT2D eigenvalue weighted by Crippen LogP contribution is -2.11. The van der Waals surface area contributed by atoms with Crippen molar-refractivity contribution < 1.29 is 4.79 Å². The fourth-order valence-corrected chi connectivity index (χ4v) is 2.06. The predicted molar refractivity (Wildman–Crippen MR) is 69.9 cm³/mol. The van der Waals surface area contributed by atoms with Gasteiger partial charge in [0, 0.05) is 30.2 Å². The van der Waals surface area contributed by atoms with Crippen molar-refractivity contribution in [2.45, 2.75) is 13.5 Å². The van der Waals surface area contributed by atoms with Gasteiger partial charge in [0.2, 0.25) is 5.78 Å². The highest BCUT2D eigenvalue weighted by Crippen LogP contribution is 2.25. The molecule has 1 aromatic heterocycles. The van der Waals surface area contributed by atoms with Crippen LogP contribution in [-0.2, 0) is 6.54 Å². The Balaban J connectivity index is 2.48. The van der Waals surface area contributed by atoms with E-state index in [2.05, 4.69) is 20.9 Å². The molecule has 0 aliphatic carbocycles. The Morgan fingerprint density at radius 2 is 2.29 bits per heavy atom. The Morgan fingerprint density at radius 3 is 3.00 bits per heavy atom. The van der Waals surface area contributed by atoms with Crippen LogP contribution in [0.25, 0.3) is 0 Å². The van der Waals surface area contributed by atoms with Crippen LogP contribution in [0.5, 0.6) is 0 Å². The summed E-state index contributed by atoms with van der Waals surface area (Å²) in [5.41, 5.74) is 6.84. The van der Waals surface area contributed by atoms with Crippen LogP contribution >= 0.6 is 15.9 Å². The maximum atomic E-state index is 12.3. The maximum absolute atomic E-state index is 12.3. The number of carbonyl (C=O) groups excluding carboxylic acids is 1. The predicted octanol–water partition coefficient (Wildman–Crippen LogP) is 2.48. The normalized spacial score (nSPS) is 10.5. The third-order valence-corrected chi connectivity index (χ3v) is 3.42. The molecule has 0 bridgehead atoms. The number of nitrogens with two attached hydrogens (primary N) is 1. The molecule has 2 N–H and O–H groups in total. The summed E-state index contributed by atoms with van der Waals surface area (Å²) in [4.78, 5) is 16.4. The van der Waals surface area contributed by atoms with Crippen LogP contribution in [0.4, 0.5) is 5.69 Å². The second-order valence-electron chi connectivity index (χ2n) is 3.57. The minimum Gasteiger partial charge on any atom is -0.398 e. The number of nitrogens with zero attached hydrogens (tertiary/aromatic N) is 2. The van der Waals surface area contributed by atoms with Gasteiger partial charge in [0.15, 0.2) is 5.82 Å². The van der Waals surface area contributed by atoms with E-state index >= 15 is 0 Å². The van der Waals surface area contributed by atoms with Crippen LogP contribution in [0.1, 0.15) is 23.1 Å². The molecule has 0 unspecified atom stereocenters. The number of nitrogen functional groups attached to an aromatic ring is 1. The highest BCUT2D eigenvalue weighted by molar-refractivity contribution is 9.10. The first-order chi connectivity index (χ1) is 8.15. The number of hydrogen-bond donors (Lipinski definition) is 1. The van der Waals surface area contributed by atoms with Crippen molar-refractivity contribution >= 4 is 27.4 Å². The molecule has 2 rings (SSSR count). The fraction of sp³-hybridized carbons (Fsp3) is 0.167. The van der Waals surface area contributed by atoms with Gasteiger partial charge in [0.1, 0.15) is 0 Å². The molecule has 0 aliphatic rings. The van der Waals surface area contributed by atoms with Gasteiger partial charge in [0.25, 0.3) is 0 Å². The SMILES string of the molecule is CCn1ccnc1C(=O)c1cccc(N)c1Br. The average Bonchev–Trinajstić information content (AvgIpc) is 2.80. The lowest BCUT2D eigenvalue weighted by atomic mass is 10.1. The van der Waals surface area contributed by atoms with Crippen molar-refractivity contribution in [1.82, 2.24) is 9.55 Å². The highest BCUT2D eigenvalue weighted by atomic mass is 79.9. The van der Waals surface area contributed by atoms with Gasteiger partial charge in [-0.05, 0) is 35.0 Å². The van der Waals surface area contributed by atoms with Gasteiger partial charge in [0.05, 0.1) is 4.47 Å². The number of benzene rings is 1. The molecule has 88 valence electrons. The third kappa shape index (κ3) is 2.10. The van der Waals surface area contributed by atoms with Crippen molar-refractivity contribution in [1.29, 1.82) is 0 Å². The summed E-state index contributed by atoms with van der Waals surface area (Å²) in [6.45, 7) is 2.67. The largest absolute Gasteiger partial charge is 0.398 e. The first-order valence-corrected chi connectivity index (χ1v) is 6.04. The van der Waals surface area contributed by atoms with E-state index in [0.717, 1.165) is 0 Å². The van der Waals surface area contributed by atoms with Crippen LogP contribution in [-0.4, -0.2) is 15.3 Å². The molecule has 0 aliphatic heterocycles. The van der Waals surface area contributed by atoms with Gasteiger partial charge < -0.3 is 10.3 Å². The van der Waals surface area contributed by atoms with Crippen LogP contribution in [0.15, 0.2) is 35.1 Å². The molecule has 0 amide bonds.